The molecule has 3 heterocycles. The maximum atomic E-state index is 15.9. The molecule has 1 aliphatic rings. The van der Waals surface area contributed by atoms with E-state index in [2.05, 4.69) is 21.8 Å². The first-order valence-corrected chi connectivity index (χ1v) is 11.9. The molecule has 1 aliphatic heterocycles. The molecule has 2 atom stereocenters. The van der Waals surface area contributed by atoms with Gasteiger partial charge in [0.2, 0.25) is 0 Å². The topological polar surface area (TPSA) is 88.1 Å². The number of aromatic nitrogens is 2. The van der Waals surface area contributed by atoms with E-state index in [9.17, 15) is 9.65 Å². The third kappa shape index (κ3) is 3.72. The number of halogens is 3. The second-order valence-electron chi connectivity index (χ2n) is 8.64. The first kappa shape index (κ1) is 22.7. The Morgan fingerprint density at radius 2 is 2.18 bits per heavy atom. The summed E-state index contributed by atoms with van der Waals surface area (Å²) in [6.07, 6.45) is 2.46. The van der Waals surface area contributed by atoms with Gasteiger partial charge in [-0.15, -0.1) is 11.3 Å². The lowest BCUT2D eigenvalue weighted by atomic mass is 9.97. The molecule has 10 heteroatoms. The van der Waals surface area contributed by atoms with Crippen molar-refractivity contribution < 1.29 is 13.5 Å². The Labute approximate surface area is 203 Å². The third-order valence-corrected chi connectivity index (χ3v) is 7.57. The van der Waals surface area contributed by atoms with E-state index in [0.29, 0.717) is 17.9 Å². The van der Waals surface area contributed by atoms with Gasteiger partial charge in [0.15, 0.2) is 5.82 Å². The van der Waals surface area contributed by atoms with E-state index in [1.807, 2.05) is 13.1 Å². The Morgan fingerprint density at radius 1 is 1.38 bits per heavy atom. The van der Waals surface area contributed by atoms with Crippen molar-refractivity contribution in [1.29, 1.82) is 5.26 Å². The zero-order valence-corrected chi connectivity index (χ0v) is 20.0. The van der Waals surface area contributed by atoms with Gasteiger partial charge in [-0.2, -0.15) is 10.2 Å². The largest absolute Gasteiger partial charge is 0.462 e. The number of thiophene rings is 1. The minimum atomic E-state index is -0.706. The van der Waals surface area contributed by atoms with Gasteiger partial charge in [0.1, 0.15) is 29.0 Å². The molecule has 0 amide bonds. The number of fused-ring (bicyclic) bond motifs is 2. The molecule has 0 radical (unpaired) electrons. The Kier molecular flexibility index (Phi) is 5.76. The van der Waals surface area contributed by atoms with E-state index >= 15 is 4.39 Å². The standard InChI is InChI=1S/C24H20ClF2N5OS/c1-11-5-13(32(2)9-11)10-33-24-30-8-12-6-16(25)19(20(27)21(12)31-24)14-3-4-17(26)22-18(14)15(7-28)23(29)34-22/h3-4,6,8,11,13H,5,9-10,29H2,1-2H3/t11-,13-/m0/s1. The Balaban J connectivity index is 1.61. The second kappa shape index (κ2) is 8.62. The molecule has 4 aromatic rings. The fourth-order valence-corrected chi connectivity index (χ4v) is 5.89. The van der Waals surface area contributed by atoms with E-state index in [0.717, 1.165) is 24.3 Å². The van der Waals surface area contributed by atoms with E-state index in [1.165, 1.54) is 18.3 Å². The minimum absolute atomic E-state index is 0.0162. The molecule has 1 saturated heterocycles. The van der Waals surface area contributed by atoms with Gasteiger partial charge in [-0.1, -0.05) is 24.6 Å². The first-order chi connectivity index (χ1) is 16.3. The molecule has 5 rings (SSSR count). The highest BCUT2D eigenvalue weighted by Gasteiger charge is 2.28. The summed E-state index contributed by atoms with van der Waals surface area (Å²) in [5, 5.41) is 10.5. The maximum absolute atomic E-state index is 15.9. The summed E-state index contributed by atoms with van der Waals surface area (Å²) in [6.45, 7) is 3.58. The fraction of sp³-hybridized carbons (Fsp3) is 0.292. The van der Waals surface area contributed by atoms with Crippen LogP contribution in [0.3, 0.4) is 0 Å². The van der Waals surface area contributed by atoms with Crippen LogP contribution in [0.25, 0.3) is 32.1 Å². The van der Waals surface area contributed by atoms with E-state index in [4.69, 9.17) is 22.1 Å². The zero-order chi connectivity index (χ0) is 24.1. The monoisotopic (exact) mass is 499 g/mol. The molecular formula is C24H20ClF2N5OS. The molecule has 6 nitrogen and oxygen atoms in total. The van der Waals surface area contributed by atoms with Crippen molar-refractivity contribution >= 4 is 48.9 Å². The highest BCUT2D eigenvalue weighted by molar-refractivity contribution is 7.23. The first-order valence-electron chi connectivity index (χ1n) is 10.7. The molecule has 0 aliphatic carbocycles. The van der Waals surface area contributed by atoms with Crippen LogP contribution in [0.15, 0.2) is 24.4 Å². The van der Waals surface area contributed by atoms with Crippen LogP contribution >= 0.6 is 22.9 Å². The van der Waals surface area contributed by atoms with Crippen molar-refractivity contribution in [2.75, 3.05) is 25.9 Å². The molecule has 0 bridgehead atoms. The highest BCUT2D eigenvalue weighted by Crippen LogP contribution is 2.44. The van der Waals surface area contributed by atoms with E-state index < -0.39 is 11.6 Å². The van der Waals surface area contributed by atoms with Crippen molar-refractivity contribution in [2.24, 2.45) is 5.92 Å². The molecule has 0 spiro atoms. The van der Waals surface area contributed by atoms with Crippen LogP contribution in [0, 0.1) is 28.9 Å². The van der Waals surface area contributed by atoms with E-state index in [1.54, 1.807) is 6.07 Å². The number of nitrogens with two attached hydrogens (primary N) is 1. The number of nitriles is 1. The van der Waals surface area contributed by atoms with Crippen LogP contribution in [0.5, 0.6) is 6.01 Å². The summed E-state index contributed by atoms with van der Waals surface area (Å²) in [4.78, 5) is 10.7. The Bertz CT molecular complexity index is 1480. The van der Waals surface area contributed by atoms with Gasteiger partial charge in [0.25, 0.3) is 0 Å². The number of ether oxygens (including phenoxy) is 1. The van der Waals surface area contributed by atoms with Gasteiger partial charge in [0, 0.05) is 35.1 Å². The molecule has 0 saturated carbocycles. The van der Waals surface area contributed by atoms with Crippen LogP contribution in [0.1, 0.15) is 18.9 Å². The molecule has 2 aromatic heterocycles. The summed E-state index contributed by atoms with van der Waals surface area (Å²) in [5.74, 6) is -0.670. The molecule has 2 aromatic carbocycles. The van der Waals surface area contributed by atoms with Crippen molar-refractivity contribution in [1.82, 2.24) is 14.9 Å². The molecule has 2 N–H and O–H groups in total. The lowest BCUT2D eigenvalue weighted by Crippen LogP contribution is -2.30. The minimum Gasteiger partial charge on any atom is -0.462 e. The summed E-state index contributed by atoms with van der Waals surface area (Å²) >= 11 is 7.41. The van der Waals surface area contributed by atoms with Crippen molar-refractivity contribution in [2.45, 2.75) is 19.4 Å². The zero-order valence-electron chi connectivity index (χ0n) is 18.4. The number of benzene rings is 2. The van der Waals surface area contributed by atoms with Crippen molar-refractivity contribution in [3.05, 3.63) is 46.6 Å². The quantitative estimate of drug-likeness (QED) is 0.392. The number of nitrogens with zero attached hydrogens (tertiary/aromatic N) is 4. The third-order valence-electron chi connectivity index (χ3n) is 6.24. The number of likely N-dealkylation sites (N-methyl/N-ethyl adjacent to an activating group) is 1. The normalized spacial score (nSPS) is 18.6. The molecule has 174 valence electrons. The molecule has 0 unspecified atom stereocenters. The lowest BCUT2D eigenvalue weighted by molar-refractivity contribution is 0.188. The highest BCUT2D eigenvalue weighted by atomic mass is 35.5. The Hall–Kier alpha value is -3.06. The van der Waals surface area contributed by atoms with Crippen LogP contribution in [-0.2, 0) is 0 Å². The molecular weight excluding hydrogens is 480 g/mol. The van der Waals surface area contributed by atoms with Gasteiger partial charge >= 0.3 is 6.01 Å². The fourth-order valence-electron chi connectivity index (χ4n) is 4.64. The van der Waals surface area contributed by atoms with Crippen LogP contribution in [-0.4, -0.2) is 41.1 Å². The maximum Gasteiger partial charge on any atom is 0.317 e. The van der Waals surface area contributed by atoms with E-state index in [-0.39, 0.29) is 54.4 Å². The summed E-state index contributed by atoms with van der Waals surface area (Å²) in [6, 6.07) is 6.45. The summed E-state index contributed by atoms with van der Waals surface area (Å²) < 4.78 is 36.3. The summed E-state index contributed by atoms with van der Waals surface area (Å²) in [7, 11) is 2.04. The number of anilines is 1. The number of hydrogen-bond donors (Lipinski definition) is 1. The van der Waals surface area contributed by atoms with Crippen molar-refractivity contribution in [3.63, 3.8) is 0 Å². The average molecular weight is 500 g/mol. The van der Waals surface area contributed by atoms with Gasteiger partial charge < -0.3 is 10.5 Å². The number of nitrogen functional groups attached to an aromatic ring is 1. The predicted octanol–water partition coefficient (Wildman–Crippen LogP) is 5.62. The van der Waals surface area contributed by atoms with Crippen molar-refractivity contribution in [3.8, 4) is 23.2 Å². The van der Waals surface area contributed by atoms with Crippen LogP contribution < -0.4 is 10.5 Å². The SMILES string of the molecule is C[C@H]1C[C@@H](COc2ncc3cc(Cl)c(-c4ccc(F)c5sc(N)c(C#N)c45)c(F)c3n2)N(C)C1. The van der Waals surface area contributed by atoms with Gasteiger partial charge in [-0.3, -0.25) is 4.90 Å². The summed E-state index contributed by atoms with van der Waals surface area (Å²) in [5.41, 5.74) is 6.33. The predicted molar refractivity (Wildman–Crippen MR) is 130 cm³/mol. The van der Waals surface area contributed by atoms with Crippen LogP contribution in [0.2, 0.25) is 5.02 Å². The van der Waals surface area contributed by atoms with Crippen LogP contribution in [0.4, 0.5) is 13.8 Å². The van der Waals surface area contributed by atoms with Gasteiger partial charge in [0.05, 0.1) is 15.3 Å². The number of rotatable bonds is 4. The average Bonchev–Trinajstić information content (AvgIpc) is 3.31. The second-order valence-corrected chi connectivity index (χ2v) is 10.1. The van der Waals surface area contributed by atoms with Gasteiger partial charge in [-0.05, 0) is 37.1 Å². The smallest absolute Gasteiger partial charge is 0.317 e. The Morgan fingerprint density at radius 3 is 2.88 bits per heavy atom. The molecule has 34 heavy (non-hydrogen) atoms. The number of likely N-dealkylation sites (tertiary alicyclic amines) is 1. The van der Waals surface area contributed by atoms with Gasteiger partial charge in [-0.25, -0.2) is 13.8 Å². The molecule has 1 fully saturated rings. The lowest BCUT2D eigenvalue weighted by Gasteiger charge is -2.19. The number of hydrogen-bond acceptors (Lipinski definition) is 7.